The molecule has 1 fully saturated rings. The maximum Gasteiger partial charge on any atom is 0.326 e. The Morgan fingerprint density at radius 2 is 1.58 bits per heavy atom. The first-order valence-electron chi connectivity index (χ1n) is 12.7. The zero-order valence-electron chi connectivity index (χ0n) is 20.3. The van der Waals surface area contributed by atoms with Crippen molar-refractivity contribution in [1.29, 1.82) is 0 Å². The minimum Gasteiger partial charge on any atom is -0.481 e. The van der Waals surface area contributed by atoms with Gasteiger partial charge >= 0.3 is 12.0 Å². The van der Waals surface area contributed by atoms with Crippen LogP contribution in [-0.2, 0) is 17.8 Å². The van der Waals surface area contributed by atoms with E-state index in [9.17, 15) is 14.7 Å². The van der Waals surface area contributed by atoms with Gasteiger partial charge in [-0.25, -0.2) is 4.79 Å². The van der Waals surface area contributed by atoms with E-state index in [0.717, 1.165) is 54.5 Å². The van der Waals surface area contributed by atoms with Gasteiger partial charge in [0.25, 0.3) is 0 Å². The number of benzene rings is 3. The minimum absolute atomic E-state index is 0.0195. The number of carboxylic acid groups (broad SMARTS) is 1. The Labute approximate surface area is 211 Å². The van der Waals surface area contributed by atoms with Crippen LogP contribution in [0.15, 0.2) is 66.7 Å². The number of carbonyl (C=O) groups excluding carboxylic acids is 1. The summed E-state index contributed by atoms with van der Waals surface area (Å²) in [6, 6.07) is 22.1. The van der Waals surface area contributed by atoms with Crippen LogP contribution in [-0.4, -0.2) is 28.8 Å². The largest absolute Gasteiger partial charge is 0.481 e. The number of anilines is 2. The van der Waals surface area contributed by atoms with Gasteiger partial charge in [0.05, 0.1) is 6.61 Å². The van der Waals surface area contributed by atoms with E-state index < -0.39 is 5.97 Å². The first kappa shape index (κ1) is 24.1. The molecule has 3 aromatic carbocycles. The van der Waals surface area contributed by atoms with Gasteiger partial charge in [0.1, 0.15) is 0 Å². The zero-order valence-corrected chi connectivity index (χ0v) is 20.3. The fourth-order valence-corrected chi connectivity index (χ4v) is 5.57. The van der Waals surface area contributed by atoms with Crippen molar-refractivity contribution in [3.63, 3.8) is 0 Å². The zero-order chi connectivity index (χ0) is 25.1. The lowest BCUT2D eigenvalue weighted by Crippen LogP contribution is -2.33. The van der Waals surface area contributed by atoms with Gasteiger partial charge in [-0.15, -0.1) is 0 Å². The van der Waals surface area contributed by atoms with Crippen molar-refractivity contribution in [3.8, 4) is 11.1 Å². The molecule has 0 saturated heterocycles. The Kier molecular flexibility index (Phi) is 7.05. The molecule has 1 aliphatic carbocycles. The van der Waals surface area contributed by atoms with Crippen LogP contribution in [0.4, 0.5) is 16.2 Å². The van der Waals surface area contributed by atoms with E-state index in [2.05, 4.69) is 41.7 Å². The molecule has 36 heavy (non-hydrogen) atoms. The lowest BCUT2D eigenvalue weighted by Gasteiger charge is -2.28. The number of carboxylic acids is 1. The summed E-state index contributed by atoms with van der Waals surface area (Å²) in [7, 11) is 0. The lowest BCUT2D eigenvalue weighted by atomic mass is 9.77. The third-order valence-electron chi connectivity index (χ3n) is 7.63. The number of aliphatic hydroxyl groups excluding tert-OH is 1. The lowest BCUT2D eigenvalue weighted by molar-refractivity contribution is -0.138. The van der Waals surface area contributed by atoms with Crippen LogP contribution in [0.1, 0.15) is 54.7 Å². The Morgan fingerprint density at radius 3 is 2.25 bits per heavy atom. The fraction of sp³-hybridized carbons (Fsp3) is 0.333. The number of carbonyl (C=O) groups is 2. The fourth-order valence-electron chi connectivity index (χ4n) is 5.57. The predicted molar refractivity (Wildman–Crippen MR) is 141 cm³/mol. The first-order valence-corrected chi connectivity index (χ1v) is 12.7. The highest BCUT2D eigenvalue weighted by Crippen LogP contribution is 2.38. The number of rotatable bonds is 6. The normalized spacial score (nSPS) is 19.1. The van der Waals surface area contributed by atoms with Crippen LogP contribution in [0.3, 0.4) is 0 Å². The number of urea groups is 1. The maximum absolute atomic E-state index is 12.9. The monoisotopic (exact) mass is 484 g/mol. The van der Waals surface area contributed by atoms with Crippen molar-refractivity contribution in [2.24, 2.45) is 5.92 Å². The van der Waals surface area contributed by atoms with E-state index in [1.807, 2.05) is 6.07 Å². The number of nitrogens with one attached hydrogen (secondary N) is 1. The van der Waals surface area contributed by atoms with E-state index in [4.69, 9.17) is 5.11 Å². The van der Waals surface area contributed by atoms with Crippen LogP contribution in [0.25, 0.3) is 11.1 Å². The van der Waals surface area contributed by atoms with Gasteiger partial charge in [-0.3, -0.25) is 9.69 Å². The Morgan fingerprint density at radius 1 is 0.889 bits per heavy atom. The number of aliphatic carboxylic acids is 1. The van der Waals surface area contributed by atoms with E-state index in [1.165, 1.54) is 11.1 Å². The van der Waals surface area contributed by atoms with Crippen molar-refractivity contribution < 1.29 is 19.8 Å². The number of aliphatic hydroxyl groups is 1. The highest BCUT2D eigenvalue weighted by atomic mass is 16.4. The van der Waals surface area contributed by atoms with Crippen LogP contribution in [0, 0.1) is 5.92 Å². The first-order chi connectivity index (χ1) is 17.5. The quantitative estimate of drug-likeness (QED) is 0.389. The summed E-state index contributed by atoms with van der Waals surface area (Å²) in [5.41, 5.74) is 7.27. The second kappa shape index (κ2) is 10.5. The molecule has 1 saturated carbocycles. The van der Waals surface area contributed by atoms with Crippen molar-refractivity contribution in [2.45, 2.75) is 51.0 Å². The molecule has 0 spiro atoms. The molecule has 2 amide bonds. The Hall–Kier alpha value is -3.64. The summed E-state index contributed by atoms with van der Waals surface area (Å²) in [4.78, 5) is 25.6. The Bertz CT molecular complexity index is 1230. The molecule has 6 nitrogen and oxygen atoms in total. The topological polar surface area (TPSA) is 89.9 Å². The summed E-state index contributed by atoms with van der Waals surface area (Å²) in [5, 5.41) is 21.2. The second-order valence-electron chi connectivity index (χ2n) is 9.97. The molecule has 3 N–H and O–H groups in total. The van der Waals surface area contributed by atoms with Gasteiger partial charge in [0.2, 0.25) is 0 Å². The second-order valence-corrected chi connectivity index (χ2v) is 9.97. The average Bonchev–Trinajstić information content (AvgIpc) is 3.33. The summed E-state index contributed by atoms with van der Waals surface area (Å²) >= 11 is 0. The third kappa shape index (κ3) is 5.29. The molecule has 3 aromatic rings. The molecule has 0 radical (unpaired) electrons. The number of nitrogens with zero attached hydrogens (tertiary/aromatic N) is 1. The number of fused-ring (bicyclic) bond motifs is 1. The van der Waals surface area contributed by atoms with Crippen LogP contribution >= 0.6 is 0 Å². The molecular weight excluding hydrogens is 452 g/mol. The van der Waals surface area contributed by atoms with E-state index in [0.29, 0.717) is 30.5 Å². The van der Waals surface area contributed by atoms with Gasteiger partial charge < -0.3 is 15.5 Å². The van der Waals surface area contributed by atoms with Crippen LogP contribution < -0.4 is 10.2 Å². The number of amides is 2. The summed E-state index contributed by atoms with van der Waals surface area (Å²) in [6.45, 7) is 0.622. The molecule has 0 unspecified atom stereocenters. The number of hydrogen-bond acceptors (Lipinski definition) is 3. The van der Waals surface area contributed by atoms with Gasteiger partial charge in [-0.1, -0.05) is 42.5 Å². The molecule has 0 atom stereocenters. The van der Waals surface area contributed by atoms with Crippen molar-refractivity contribution in [1.82, 2.24) is 0 Å². The van der Waals surface area contributed by atoms with E-state index >= 15 is 0 Å². The molecule has 0 bridgehead atoms. The molecule has 6 heteroatoms. The van der Waals surface area contributed by atoms with Gasteiger partial charge in [-0.2, -0.15) is 0 Å². The number of hydrogen-bond donors (Lipinski definition) is 3. The molecular formula is C30H32N2O4. The molecule has 186 valence electrons. The van der Waals surface area contributed by atoms with Crippen molar-refractivity contribution in [2.75, 3.05) is 16.8 Å². The van der Waals surface area contributed by atoms with E-state index in [-0.39, 0.29) is 12.6 Å². The average molecular weight is 485 g/mol. The highest BCUT2D eigenvalue weighted by molar-refractivity contribution is 6.03. The van der Waals surface area contributed by atoms with Gasteiger partial charge in [0, 0.05) is 24.3 Å². The molecule has 5 rings (SSSR count). The molecule has 1 aliphatic heterocycles. The van der Waals surface area contributed by atoms with Crippen LogP contribution in [0.5, 0.6) is 0 Å². The molecule has 0 aromatic heterocycles. The maximum atomic E-state index is 12.9. The summed E-state index contributed by atoms with van der Waals surface area (Å²) in [6.07, 6.45) is 5.20. The third-order valence-corrected chi connectivity index (χ3v) is 7.63. The summed E-state index contributed by atoms with van der Waals surface area (Å²) in [5.74, 6) is 0.142. The van der Waals surface area contributed by atoms with Gasteiger partial charge in [0.15, 0.2) is 0 Å². The van der Waals surface area contributed by atoms with E-state index in [1.54, 1.807) is 29.2 Å². The molecule has 1 heterocycles. The highest BCUT2D eigenvalue weighted by Gasteiger charge is 2.26. The Balaban J connectivity index is 1.23. The minimum atomic E-state index is -0.686. The van der Waals surface area contributed by atoms with Crippen LogP contribution in [0.2, 0.25) is 0 Å². The summed E-state index contributed by atoms with van der Waals surface area (Å²) < 4.78 is 0. The standard InChI is InChI=1S/C30H32N2O4/c33-19-21-3-12-27(13-4-21)31-30(36)32-16-15-26-18-25(11-14-28(26)32)24-9-7-23(8-10-24)22-5-1-20(2-6-22)17-29(34)35/h3-4,7-14,18,20,22,33H,1-2,5-6,15-17,19H2,(H,31,36)(H,34,35). The predicted octanol–water partition coefficient (Wildman–Crippen LogP) is 6.19. The SMILES string of the molecule is O=C(O)CC1CCC(c2ccc(-c3ccc4c(c3)CCN4C(=O)Nc3ccc(CO)cc3)cc2)CC1. The molecule has 2 aliphatic rings. The van der Waals surface area contributed by atoms with Crippen molar-refractivity contribution in [3.05, 3.63) is 83.4 Å². The smallest absolute Gasteiger partial charge is 0.326 e. The van der Waals surface area contributed by atoms with Crippen molar-refractivity contribution >= 4 is 23.4 Å². The van der Waals surface area contributed by atoms with Gasteiger partial charge in [-0.05, 0) is 96.0 Å².